The van der Waals surface area contributed by atoms with Crippen LogP contribution in [-0.2, 0) is 13.1 Å². The van der Waals surface area contributed by atoms with Crippen LogP contribution >= 0.6 is 15.9 Å². The predicted molar refractivity (Wildman–Crippen MR) is 115 cm³/mol. The number of methoxy groups -OCH3 is 2. The van der Waals surface area contributed by atoms with E-state index in [9.17, 15) is 9.18 Å². The summed E-state index contributed by atoms with van der Waals surface area (Å²) in [5.74, 6) is 0.967. The lowest BCUT2D eigenvalue weighted by Gasteiger charge is -2.27. The maximum absolute atomic E-state index is 14.4. The molecular weight excluding hydrogens is 437 g/mol. The molecule has 0 amide bonds. The van der Waals surface area contributed by atoms with Gasteiger partial charge in [0.15, 0.2) is 6.29 Å². The Labute approximate surface area is 178 Å². The summed E-state index contributed by atoms with van der Waals surface area (Å²) in [6, 6.07) is 18.4. The van der Waals surface area contributed by atoms with Gasteiger partial charge in [-0.15, -0.1) is 0 Å². The van der Waals surface area contributed by atoms with Gasteiger partial charge in [0.2, 0.25) is 0 Å². The number of halogens is 2. The van der Waals surface area contributed by atoms with E-state index >= 15 is 0 Å². The van der Waals surface area contributed by atoms with Gasteiger partial charge in [0, 0.05) is 17.6 Å². The molecule has 0 spiro atoms. The molecule has 0 fully saturated rings. The molecule has 0 saturated heterocycles. The molecular formula is C23H21BrFNO3. The Hall–Kier alpha value is -2.86. The summed E-state index contributed by atoms with van der Waals surface area (Å²) in [7, 11) is 3.23. The Morgan fingerprint density at radius 2 is 1.38 bits per heavy atom. The van der Waals surface area contributed by atoms with Crippen molar-refractivity contribution in [2.24, 2.45) is 0 Å². The number of aldehydes is 1. The molecule has 6 heteroatoms. The fourth-order valence-corrected chi connectivity index (χ4v) is 3.50. The summed E-state index contributed by atoms with van der Waals surface area (Å²) in [5, 5.41) is 0. The number of rotatable bonds is 8. The zero-order chi connectivity index (χ0) is 20.8. The number of ether oxygens (including phenoxy) is 2. The number of hydrogen-bond acceptors (Lipinski definition) is 4. The van der Waals surface area contributed by atoms with E-state index in [0.717, 1.165) is 22.6 Å². The molecule has 29 heavy (non-hydrogen) atoms. The molecule has 0 unspecified atom stereocenters. The van der Waals surface area contributed by atoms with Crippen LogP contribution < -0.4 is 14.4 Å². The van der Waals surface area contributed by atoms with E-state index in [0.29, 0.717) is 29.5 Å². The molecule has 4 nitrogen and oxygen atoms in total. The minimum Gasteiger partial charge on any atom is -0.497 e. The van der Waals surface area contributed by atoms with Gasteiger partial charge >= 0.3 is 0 Å². The van der Waals surface area contributed by atoms with Crippen molar-refractivity contribution in [2.45, 2.75) is 13.1 Å². The van der Waals surface area contributed by atoms with Crippen molar-refractivity contribution in [3.8, 4) is 11.5 Å². The SMILES string of the molecule is COc1ccc(CN(Cc2ccc(OC)cc2)c2cc(Br)cc(F)c2C=O)cc1. The number of nitrogens with zero attached hydrogens (tertiary/aromatic N) is 1. The number of hydrogen-bond donors (Lipinski definition) is 0. The van der Waals surface area contributed by atoms with Crippen molar-refractivity contribution in [1.29, 1.82) is 0 Å². The van der Waals surface area contributed by atoms with Gasteiger partial charge < -0.3 is 14.4 Å². The van der Waals surface area contributed by atoms with Crippen LogP contribution in [0.4, 0.5) is 10.1 Å². The third-order valence-electron chi connectivity index (χ3n) is 4.60. The summed E-state index contributed by atoms with van der Waals surface area (Å²) >= 11 is 3.34. The average Bonchev–Trinajstić information content (AvgIpc) is 2.74. The monoisotopic (exact) mass is 457 g/mol. The highest BCUT2D eigenvalue weighted by Gasteiger charge is 2.17. The van der Waals surface area contributed by atoms with Crippen molar-refractivity contribution < 1.29 is 18.7 Å². The van der Waals surface area contributed by atoms with Gasteiger partial charge in [-0.2, -0.15) is 0 Å². The lowest BCUT2D eigenvalue weighted by molar-refractivity contribution is 0.112. The van der Waals surface area contributed by atoms with E-state index in [4.69, 9.17) is 9.47 Å². The number of benzene rings is 3. The quantitative estimate of drug-likeness (QED) is 0.411. The summed E-state index contributed by atoms with van der Waals surface area (Å²) in [6.07, 6.45) is 0.562. The molecule has 3 aromatic rings. The lowest BCUT2D eigenvalue weighted by Crippen LogP contribution is -2.24. The first-order valence-electron chi connectivity index (χ1n) is 8.99. The molecule has 0 N–H and O–H groups in total. The molecule has 0 aliphatic rings. The van der Waals surface area contributed by atoms with Crippen molar-refractivity contribution in [3.05, 3.63) is 87.6 Å². The first kappa shape index (κ1) is 20.9. The molecule has 0 radical (unpaired) electrons. The van der Waals surface area contributed by atoms with Crippen LogP contribution in [-0.4, -0.2) is 20.5 Å². The van der Waals surface area contributed by atoms with Crippen LogP contribution in [0.25, 0.3) is 0 Å². The fourth-order valence-electron chi connectivity index (χ4n) is 3.08. The summed E-state index contributed by atoms with van der Waals surface area (Å²) in [6.45, 7) is 0.986. The molecule has 0 atom stereocenters. The first-order valence-corrected chi connectivity index (χ1v) is 9.78. The smallest absolute Gasteiger partial charge is 0.155 e. The average molecular weight is 458 g/mol. The number of carbonyl (C=O) groups excluding carboxylic acids is 1. The number of carbonyl (C=O) groups is 1. The second-order valence-electron chi connectivity index (χ2n) is 6.49. The molecule has 3 aromatic carbocycles. The lowest BCUT2D eigenvalue weighted by atomic mass is 10.1. The maximum atomic E-state index is 14.4. The Bertz CT molecular complexity index is 925. The van der Waals surface area contributed by atoms with Crippen molar-refractivity contribution in [3.63, 3.8) is 0 Å². The van der Waals surface area contributed by atoms with Crippen LogP contribution in [0.5, 0.6) is 11.5 Å². The third kappa shape index (κ3) is 5.15. The van der Waals surface area contributed by atoms with Crippen molar-refractivity contribution in [1.82, 2.24) is 0 Å². The van der Waals surface area contributed by atoms with Gasteiger partial charge in [-0.1, -0.05) is 40.2 Å². The third-order valence-corrected chi connectivity index (χ3v) is 5.05. The summed E-state index contributed by atoms with van der Waals surface area (Å²) in [5.41, 5.74) is 2.59. The minimum absolute atomic E-state index is 0.0372. The molecule has 0 aliphatic heterocycles. The molecule has 0 aliphatic carbocycles. The zero-order valence-corrected chi connectivity index (χ0v) is 17.8. The molecule has 3 rings (SSSR count). The Morgan fingerprint density at radius 1 is 0.897 bits per heavy atom. The molecule has 0 saturated carbocycles. The van der Waals surface area contributed by atoms with Crippen LogP contribution in [0.15, 0.2) is 65.1 Å². The van der Waals surface area contributed by atoms with E-state index in [-0.39, 0.29) is 5.56 Å². The second-order valence-corrected chi connectivity index (χ2v) is 7.41. The van der Waals surface area contributed by atoms with E-state index in [1.165, 1.54) is 6.07 Å². The zero-order valence-electron chi connectivity index (χ0n) is 16.2. The van der Waals surface area contributed by atoms with Crippen LogP contribution in [0.3, 0.4) is 0 Å². The number of anilines is 1. The maximum Gasteiger partial charge on any atom is 0.155 e. The minimum atomic E-state index is -0.557. The van der Waals surface area contributed by atoms with Gasteiger partial charge in [-0.05, 0) is 47.5 Å². The standard InChI is InChI=1S/C23H21BrFNO3/c1-28-19-7-3-16(4-8-19)13-26(14-17-5-9-20(29-2)10-6-17)23-12-18(24)11-22(25)21(23)15-27/h3-12,15H,13-14H2,1-2H3. The first-order chi connectivity index (χ1) is 14.0. The highest BCUT2D eigenvalue weighted by Crippen LogP contribution is 2.30. The van der Waals surface area contributed by atoms with Crippen LogP contribution in [0.2, 0.25) is 0 Å². The topological polar surface area (TPSA) is 38.8 Å². The molecule has 0 bridgehead atoms. The van der Waals surface area contributed by atoms with E-state index in [1.54, 1.807) is 20.3 Å². The predicted octanol–water partition coefficient (Wildman–Crippen LogP) is 5.62. The van der Waals surface area contributed by atoms with Gasteiger partial charge in [0.05, 0.1) is 25.5 Å². The Morgan fingerprint density at radius 3 is 1.79 bits per heavy atom. The molecule has 0 heterocycles. The van der Waals surface area contributed by atoms with Gasteiger partial charge in [0.1, 0.15) is 17.3 Å². The molecule has 0 aromatic heterocycles. The van der Waals surface area contributed by atoms with Gasteiger partial charge in [-0.3, -0.25) is 4.79 Å². The van der Waals surface area contributed by atoms with Crippen molar-refractivity contribution in [2.75, 3.05) is 19.1 Å². The van der Waals surface area contributed by atoms with Crippen LogP contribution in [0, 0.1) is 5.82 Å². The van der Waals surface area contributed by atoms with E-state index < -0.39 is 5.82 Å². The second kappa shape index (κ2) is 9.56. The van der Waals surface area contributed by atoms with Gasteiger partial charge in [-0.25, -0.2) is 4.39 Å². The summed E-state index contributed by atoms with van der Waals surface area (Å²) in [4.78, 5) is 13.6. The van der Waals surface area contributed by atoms with Crippen LogP contribution in [0.1, 0.15) is 21.5 Å². The fraction of sp³-hybridized carbons (Fsp3) is 0.174. The Kier molecular flexibility index (Phi) is 6.88. The Balaban J connectivity index is 1.99. The molecule has 150 valence electrons. The highest BCUT2D eigenvalue weighted by atomic mass is 79.9. The normalized spacial score (nSPS) is 10.5. The van der Waals surface area contributed by atoms with E-state index in [1.807, 2.05) is 53.4 Å². The highest BCUT2D eigenvalue weighted by molar-refractivity contribution is 9.10. The van der Waals surface area contributed by atoms with Crippen molar-refractivity contribution >= 4 is 27.9 Å². The summed E-state index contributed by atoms with van der Waals surface area (Å²) < 4.78 is 25.4. The largest absolute Gasteiger partial charge is 0.497 e. The van der Waals surface area contributed by atoms with E-state index in [2.05, 4.69) is 15.9 Å². The van der Waals surface area contributed by atoms with Gasteiger partial charge in [0.25, 0.3) is 0 Å².